The minimum atomic E-state index is -4.52. The van der Waals surface area contributed by atoms with Gasteiger partial charge in [0.1, 0.15) is 6.04 Å². The summed E-state index contributed by atoms with van der Waals surface area (Å²) in [7, 11) is 0. The summed E-state index contributed by atoms with van der Waals surface area (Å²) in [6.45, 7) is 1.86. The van der Waals surface area contributed by atoms with Crippen LogP contribution in [0.3, 0.4) is 0 Å². The van der Waals surface area contributed by atoms with E-state index < -0.39 is 23.7 Å². The number of benzene rings is 2. The summed E-state index contributed by atoms with van der Waals surface area (Å²) >= 11 is 1.44. The predicted octanol–water partition coefficient (Wildman–Crippen LogP) is 4.10. The Labute approximate surface area is 146 Å². The lowest BCUT2D eigenvalue weighted by Crippen LogP contribution is -2.44. The van der Waals surface area contributed by atoms with Crippen molar-refractivity contribution >= 4 is 23.5 Å². The van der Waals surface area contributed by atoms with E-state index in [0.717, 1.165) is 22.6 Å². The van der Waals surface area contributed by atoms with Gasteiger partial charge in [-0.2, -0.15) is 13.2 Å². The Morgan fingerprint density at radius 3 is 2.68 bits per heavy atom. The average molecular weight is 365 g/mol. The number of hydrogen-bond acceptors (Lipinski definition) is 3. The van der Waals surface area contributed by atoms with E-state index >= 15 is 0 Å². The molecule has 1 amide bonds. The molecule has 0 saturated carbocycles. The molecule has 0 unspecified atom stereocenters. The molecule has 0 spiro atoms. The van der Waals surface area contributed by atoms with Gasteiger partial charge in [0, 0.05) is 21.8 Å². The highest BCUT2D eigenvalue weighted by Gasteiger charge is 2.32. The van der Waals surface area contributed by atoms with Gasteiger partial charge in [0.25, 0.3) is 5.91 Å². The maximum atomic E-state index is 12.8. The molecule has 0 radical (unpaired) electrons. The van der Waals surface area contributed by atoms with Gasteiger partial charge in [0.05, 0.1) is 5.56 Å². The summed E-state index contributed by atoms with van der Waals surface area (Å²) in [4.78, 5) is 25.7. The van der Waals surface area contributed by atoms with Crippen molar-refractivity contribution in [3.63, 3.8) is 0 Å². The molecule has 0 fully saturated rings. The van der Waals surface area contributed by atoms with Gasteiger partial charge in [-0.25, -0.2) is 0 Å². The van der Waals surface area contributed by atoms with Crippen molar-refractivity contribution in [1.82, 2.24) is 5.32 Å². The van der Waals surface area contributed by atoms with Crippen molar-refractivity contribution in [1.29, 1.82) is 0 Å². The summed E-state index contributed by atoms with van der Waals surface area (Å²) in [6, 6.07) is 8.91. The van der Waals surface area contributed by atoms with E-state index in [1.807, 2.05) is 19.1 Å². The van der Waals surface area contributed by atoms with Gasteiger partial charge in [-0.1, -0.05) is 17.7 Å². The maximum absolute atomic E-state index is 12.8. The molecule has 0 aliphatic carbocycles. The highest BCUT2D eigenvalue weighted by molar-refractivity contribution is 7.99. The van der Waals surface area contributed by atoms with Gasteiger partial charge in [0.15, 0.2) is 5.78 Å². The Bertz CT molecular complexity index is 848. The van der Waals surface area contributed by atoms with Crippen molar-refractivity contribution in [3.05, 3.63) is 64.7 Å². The molecule has 3 rings (SSSR count). The van der Waals surface area contributed by atoms with Crippen LogP contribution in [0.1, 0.15) is 31.8 Å². The first-order valence-corrected chi connectivity index (χ1v) is 8.50. The SMILES string of the molecule is Cc1ccc2c(c1)C(=O)[C@@H](NC(=O)c1cccc(C(F)(F)F)c1)CS2. The number of Topliss-reactive ketones (excluding diaryl/α,β-unsaturated/α-hetero) is 1. The normalized spacial score (nSPS) is 17.1. The van der Waals surface area contributed by atoms with Crippen molar-refractivity contribution < 1.29 is 22.8 Å². The van der Waals surface area contributed by atoms with Crippen molar-refractivity contribution in [2.24, 2.45) is 0 Å². The number of thioether (sulfide) groups is 1. The van der Waals surface area contributed by atoms with Gasteiger partial charge < -0.3 is 5.32 Å². The third kappa shape index (κ3) is 3.71. The molecule has 130 valence electrons. The Morgan fingerprint density at radius 2 is 1.96 bits per heavy atom. The van der Waals surface area contributed by atoms with Crippen molar-refractivity contribution in [2.45, 2.75) is 24.0 Å². The quantitative estimate of drug-likeness (QED) is 0.872. The first-order valence-electron chi connectivity index (χ1n) is 7.51. The number of carbonyl (C=O) groups excluding carboxylic acids is 2. The summed E-state index contributed by atoms with van der Waals surface area (Å²) in [5.41, 5.74) is 0.441. The van der Waals surface area contributed by atoms with Crippen LogP contribution >= 0.6 is 11.8 Å². The second-order valence-electron chi connectivity index (χ2n) is 5.78. The molecule has 1 atom stereocenters. The van der Waals surface area contributed by atoms with Gasteiger partial charge >= 0.3 is 6.18 Å². The van der Waals surface area contributed by atoms with E-state index in [-0.39, 0.29) is 11.3 Å². The zero-order chi connectivity index (χ0) is 18.2. The third-order valence-electron chi connectivity index (χ3n) is 3.88. The molecule has 0 aromatic heterocycles. The lowest BCUT2D eigenvalue weighted by atomic mass is 10.0. The van der Waals surface area contributed by atoms with Crippen LogP contribution in [0.25, 0.3) is 0 Å². The van der Waals surface area contributed by atoms with Crippen LogP contribution in [0.4, 0.5) is 13.2 Å². The van der Waals surface area contributed by atoms with Crippen molar-refractivity contribution in [3.8, 4) is 0 Å². The Kier molecular flexibility index (Phi) is 4.60. The van der Waals surface area contributed by atoms with E-state index in [1.165, 1.54) is 23.9 Å². The van der Waals surface area contributed by atoms with Gasteiger partial charge in [-0.3, -0.25) is 9.59 Å². The number of alkyl halides is 3. The molecule has 0 saturated heterocycles. The molecule has 3 nitrogen and oxygen atoms in total. The lowest BCUT2D eigenvalue weighted by molar-refractivity contribution is -0.137. The molecule has 25 heavy (non-hydrogen) atoms. The van der Waals surface area contributed by atoms with E-state index in [9.17, 15) is 22.8 Å². The van der Waals surface area contributed by atoms with Gasteiger partial charge in [-0.15, -0.1) is 11.8 Å². The fourth-order valence-electron chi connectivity index (χ4n) is 2.58. The zero-order valence-electron chi connectivity index (χ0n) is 13.2. The van der Waals surface area contributed by atoms with E-state index in [0.29, 0.717) is 11.3 Å². The first kappa shape index (κ1) is 17.5. The molecule has 2 aromatic carbocycles. The van der Waals surface area contributed by atoms with Crippen LogP contribution < -0.4 is 5.32 Å². The van der Waals surface area contributed by atoms with Crippen LogP contribution in [0.5, 0.6) is 0 Å². The molecule has 1 aliphatic heterocycles. The topological polar surface area (TPSA) is 46.2 Å². The fourth-order valence-corrected chi connectivity index (χ4v) is 3.64. The van der Waals surface area contributed by atoms with Crippen LogP contribution in [-0.4, -0.2) is 23.5 Å². The molecule has 0 bridgehead atoms. The number of fused-ring (bicyclic) bond motifs is 1. The summed E-state index contributed by atoms with van der Waals surface area (Å²) in [5, 5.41) is 2.55. The molecule has 1 aliphatic rings. The minimum absolute atomic E-state index is 0.123. The Morgan fingerprint density at radius 1 is 1.20 bits per heavy atom. The number of hydrogen-bond donors (Lipinski definition) is 1. The molecular weight excluding hydrogens is 351 g/mol. The number of nitrogens with one attached hydrogen (secondary N) is 1. The summed E-state index contributed by atoms with van der Waals surface area (Å²) < 4.78 is 38.3. The predicted molar refractivity (Wildman–Crippen MR) is 88.9 cm³/mol. The third-order valence-corrected chi connectivity index (χ3v) is 5.05. The van der Waals surface area contributed by atoms with E-state index in [2.05, 4.69) is 5.32 Å². The smallest absolute Gasteiger partial charge is 0.341 e. The standard InChI is InChI=1S/C18H14F3NO2S/c1-10-5-6-15-13(7-10)16(23)14(9-25-15)22-17(24)11-3-2-4-12(8-11)18(19,20)21/h2-8,14H,9H2,1H3,(H,22,24)/t14-/m0/s1. The van der Waals surface area contributed by atoms with E-state index in [1.54, 1.807) is 6.07 Å². The number of rotatable bonds is 2. The molecular formula is C18H14F3NO2S. The largest absolute Gasteiger partial charge is 0.416 e. The number of aryl methyl sites for hydroxylation is 1. The van der Waals surface area contributed by atoms with E-state index in [4.69, 9.17) is 0 Å². The lowest BCUT2D eigenvalue weighted by Gasteiger charge is -2.24. The highest BCUT2D eigenvalue weighted by Crippen LogP contribution is 2.31. The van der Waals surface area contributed by atoms with Crippen LogP contribution in [0.2, 0.25) is 0 Å². The monoisotopic (exact) mass is 365 g/mol. The Hall–Kier alpha value is -2.28. The summed E-state index contributed by atoms with van der Waals surface area (Å²) in [5.74, 6) is -0.571. The second kappa shape index (κ2) is 6.55. The second-order valence-corrected chi connectivity index (χ2v) is 6.84. The maximum Gasteiger partial charge on any atom is 0.416 e. The molecule has 7 heteroatoms. The van der Waals surface area contributed by atoms with Crippen LogP contribution in [-0.2, 0) is 6.18 Å². The van der Waals surface area contributed by atoms with Crippen molar-refractivity contribution in [2.75, 3.05) is 5.75 Å². The number of carbonyl (C=O) groups is 2. The zero-order valence-corrected chi connectivity index (χ0v) is 14.0. The van der Waals surface area contributed by atoms with Gasteiger partial charge in [0.2, 0.25) is 0 Å². The molecule has 1 N–H and O–H groups in total. The van der Waals surface area contributed by atoms with Crippen LogP contribution in [0.15, 0.2) is 47.4 Å². The first-order chi connectivity index (χ1) is 11.8. The van der Waals surface area contributed by atoms with Crippen LogP contribution in [0, 0.1) is 6.92 Å². The minimum Gasteiger partial charge on any atom is -0.341 e. The number of amides is 1. The van der Waals surface area contributed by atoms with Gasteiger partial charge in [-0.05, 0) is 37.3 Å². The molecule has 1 heterocycles. The number of ketones is 1. The average Bonchev–Trinajstić information content (AvgIpc) is 2.57. The number of halogens is 3. The Balaban J connectivity index is 1.79. The highest BCUT2D eigenvalue weighted by atomic mass is 32.2. The summed E-state index contributed by atoms with van der Waals surface area (Å²) in [6.07, 6.45) is -4.52. The molecule has 2 aromatic rings. The fraction of sp³-hybridized carbons (Fsp3) is 0.222.